The molecular formula is C12H11BrN4S. The number of halogens is 1. The molecule has 0 saturated heterocycles. The van der Waals surface area contributed by atoms with Gasteiger partial charge in [-0.25, -0.2) is 9.97 Å². The molecule has 6 heteroatoms. The van der Waals surface area contributed by atoms with Crippen LogP contribution in [0, 0.1) is 6.92 Å². The number of aryl methyl sites for hydroxylation is 1. The lowest BCUT2D eigenvalue weighted by Gasteiger charge is -2.11. The zero-order valence-electron chi connectivity index (χ0n) is 9.64. The van der Waals surface area contributed by atoms with Crippen molar-refractivity contribution in [1.82, 2.24) is 9.97 Å². The minimum absolute atomic E-state index is 0.221. The molecule has 1 aromatic heterocycles. The topological polar surface area (TPSA) is 63.8 Å². The van der Waals surface area contributed by atoms with Crippen molar-refractivity contribution >= 4 is 44.6 Å². The van der Waals surface area contributed by atoms with Gasteiger partial charge in [-0.05, 0) is 24.6 Å². The summed E-state index contributed by atoms with van der Waals surface area (Å²) < 4.78 is 0.983. The van der Waals surface area contributed by atoms with E-state index in [2.05, 4.69) is 31.2 Å². The molecule has 0 amide bonds. The van der Waals surface area contributed by atoms with Crippen LogP contribution in [0.25, 0.3) is 0 Å². The molecule has 92 valence electrons. The van der Waals surface area contributed by atoms with Crippen LogP contribution >= 0.6 is 28.1 Å². The average Bonchev–Trinajstić information content (AvgIpc) is 2.34. The molecule has 0 aliphatic rings. The fraction of sp³-hybridized carbons (Fsp3) is 0.0833. The van der Waals surface area contributed by atoms with Gasteiger partial charge < -0.3 is 11.1 Å². The first-order valence-electron chi connectivity index (χ1n) is 5.22. The van der Waals surface area contributed by atoms with Crippen molar-refractivity contribution < 1.29 is 0 Å². The summed E-state index contributed by atoms with van der Waals surface area (Å²) >= 11 is 8.38. The maximum absolute atomic E-state index is 5.62. The molecule has 0 unspecified atom stereocenters. The minimum Gasteiger partial charge on any atom is -0.388 e. The monoisotopic (exact) mass is 322 g/mol. The van der Waals surface area contributed by atoms with Crippen molar-refractivity contribution in [3.63, 3.8) is 0 Å². The third-order valence-corrected chi connectivity index (χ3v) is 3.07. The Morgan fingerprint density at radius 3 is 2.78 bits per heavy atom. The van der Waals surface area contributed by atoms with Crippen LogP contribution in [0.15, 0.2) is 35.1 Å². The Hall–Kier alpha value is -1.53. The van der Waals surface area contributed by atoms with Gasteiger partial charge in [-0.2, -0.15) is 0 Å². The highest BCUT2D eigenvalue weighted by Crippen LogP contribution is 2.24. The lowest BCUT2D eigenvalue weighted by molar-refractivity contribution is 1.17. The van der Waals surface area contributed by atoms with E-state index in [0.29, 0.717) is 11.5 Å². The summed E-state index contributed by atoms with van der Waals surface area (Å²) in [6.45, 7) is 2.01. The first-order chi connectivity index (χ1) is 8.58. The van der Waals surface area contributed by atoms with Crippen LogP contribution in [0.2, 0.25) is 0 Å². The van der Waals surface area contributed by atoms with E-state index in [1.807, 2.05) is 25.1 Å². The number of nitrogens with zero attached hydrogens (tertiary/aromatic N) is 2. The first kappa shape index (κ1) is 12.9. The Morgan fingerprint density at radius 2 is 2.06 bits per heavy atom. The molecule has 0 saturated carbocycles. The summed E-state index contributed by atoms with van der Waals surface area (Å²) in [5.74, 6) is 0.561. The van der Waals surface area contributed by atoms with Crippen LogP contribution in [0.4, 0.5) is 11.5 Å². The fourth-order valence-corrected chi connectivity index (χ4v) is 1.98. The number of hydrogen-bond donors (Lipinski definition) is 2. The number of benzene rings is 1. The number of anilines is 2. The van der Waals surface area contributed by atoms with Crippen molar-refractivity contribution in [2.75, 3.05) is 5.32 Å². The van der Waals surface area contributed by atoms with Gasteiger partial charge in [-0.1, -0.05) is 34.2 Å². The molecule has 2 rings (SSSR count). The number of rotatable bonds is 3. The molecular weight excluding hydrogens is 312 g/mol. The molecule has 2 aromatic rings. The summed E-state index contributed by atoms with van der Waals surface area (Å²) in [6.07, 6.45) is 3.16. The van der Waals surface area contributed by atoms with Gasteiger partial charge >= 0.3 is 0 Å². The molecule has 1 heterocycles. The third kappa shape index (κ3) is 2.83. The summed E-state index contributed by atoms with van der Waals surface area (Å²) in [5.41, 5.74) is 8.14. The molecule has 0 aliphatic heterocycles. The standard InChI is InChI=1S/C12H11BrN4S/c1-7-2-3-8(13)6-9(7)17-12-10(11(14)18)15-4-5-16-12/h2-6H,1H3,(H2,14,18)(H,16,17). The van der Waals surface area contributed by atoms with Gasteiger partial charge in [0.05, 0.1) is 0 Å². The van der Waals surface area contributed by atoms with Crippen LogP contribution in [-0.4, -0.2) is 15.0 Å². The van der Waals surface area contributed by atoms with E-state index in [1.54, 1.807) is 12.4 Å². The molecule has 0 fully saturated rings. The summed E-state index contributed by atoms with van der Waals surface area (Å²) in [5, 5.41) is 3.19. The maximum Gasteiger partial charge on any atom is 0.159 e. The van der Waals surface area contributed by atoms with Crippen LogP contribution in [0.1, 0.15) is 11.3 Å². The number of nitrogens with two attached hydrogens (primary N) is 1. The van der Waals surface area contributed by atoms with Gasteiger partial charge in [0.25, 0.3) is 0 Å². The van der Waals surface area contributed by atoms with Crippen LogP contribution < -0.4 is 11.1 Å². The molecule has 1 aromatic carbocycles. The normalized spacial score (nSPS) is 10.1. The summed E-state index contributed by atoms with van der Waals surface area (Å²) in [7, 11) is 0. The molecule has 0 atom stereocenters. The van der Waals surface area contributed by atoms with E-state index in [0.717, 1.165) is 15.7 Å². The number of nitrogens with one attached hydrogen (secondary N) is 1. The number of thiocarbonyl (C=S) groups is 1. The quantitative estimate of drug-likeness (QED) is 0.851. The van der Waals surface area contributed by atoms with Gasteiger partial charge in [-0.15, -0.1) is 0 Å². The van der Waals surface area contributed by atoms with Crippen molar-refractivity contribution in [3.05, 3.63) is 46.3 Å². The highest BCUT2D eigenvalue weighted by molar-refractivity contribution is 9.10. The first-order valence-corrected chi connectivity index (χ1v) is 6.42. The SMILES string of the molecule is Cc1ccc(Br)cc1Nc1nccnc1C(N)=S. The summed E-state index contributed by atoms with van der Waals surface area (Å²) in [4.78, 5) is 8.55. The van der Waals surface area contributed by atoms with Crippen LogP contribution in [0.5, 0.6) is 0 Å². The molecule has 0 radical (unpaired) electrons. The Balaban J connectivity index is 2.40. The van der Waals surface area contributed by atoms with Gasteiger partial charge in [0.15, 0.2) is 5.82 Å². The molecule has 0 bridgehead atoms. The van der Waals surface area contributed by atoms with Crippen LogP contribution in [0.3, 0.4) is 0 Å². The highest BCUT2D eigenvalue weighted by Gasteiger charge is 2.09. The number of hydrogen-bond acceptors (Lipinski definition) is 4. The zero-order chi connectivity index (χ0) is 13.1. The predicted molar refractivity (Wildman–Crippen MR) is 80.1 cm³/mol. The Labute approximate surface area is 119 Å². The van der Waals surface area contributed by atoms with Crippen molar-refractivity contribution in [1.29, 1.82) is 0 Å². The second kappa shape index (κ2) is 5.41. The summed E-state index contributed by atoms with van der Waals surface area (Å²) in [6, 6.07) is 5.95. The Kier molecular flexibility index (Phi) is 3.88. The van der Waals surface area contributed by atoms with E-state index in [1.165, 1.54) is 0 Å². The van der Waals surface area contributed by atoms with Gasteiger partial charge in [-0.3, -0.25) is 0 Å². The van der Waals surface area contributed by atoms with E-state index >= 15 is 0 Å². The molecule has 18 heavy (non-hydrogen) atoms. The molecule has 4 nitrogen and oxygen atoms in total. The molecule has 0 spiro atoms. The Bertz CT molecular complexity index is 600. The smallest absolute Gasteiger partial charge is 0.159 e. The third-order valence-electron chi connectivity index (χ3n) is 2.38. The van der Waals surface area contributed by atoms with Gasteiger partial charge in [0.2, 0.25) is 0 Å². The molecule has 0 aliphatic carbocycles. The molecule has 3 N–H and O–H groups in total. The van der Waals surface area contributed by atoms with E-state index in [4.69, 9.17) is 18.0 Å². The second-order valence-electron chi connectivity index (χ2n) is 3.70. The van der Waals surface area contributed by atoms with Gasteiger partial charge in [0, 0.05) is 22.6 Å². The van der Waals surface area contributed by atoms with Crippen molar-refractivity contribution in [2.45, 2.75) is 6.92 Å². The largest absolute Gasteiger partial charge is 0.388 e. The zero-order valence-corrected chi connectivity index (χ0v) is 12.0. The maximum atomic E-state index is 5.62. The van der Waals surface area contributed by atoms with E-state index in [9.17, 15) is 0 Å². The average molecular weight is 323 g/mol. The minimum atomic E-state index is 0.221. The second-order valence-corrected chi connectivity index (χ2v) is 5.06. The van der Waals surface area contributed by atoms with Crippen LogP contribution in [-0.2, 0) is 0 Å². The van der Waals surface area contributed by atoms with E-state index in [-0.39, 0.29) is 4.99 Å². The lowest BCUT2D eigenvalue weighted by atomic mass is 10.2. The lowest BCUT2D eigenvalue weighted by Crippen LogP contribution is -2.15. The van der Waals surface area contributed by atoms with Crippen molar-refractivity contribution in [2.24, 2.45) is 5.73 Å². The Morgan fingerprint density at radius 1 is 1.33 bits per heavy atom. The van der Waals surface area contributed by atoms with Gasteiger partial charge in [0.1, 0.15) is 10.7 Å². The fourth-order valence-electron chi connectivity index (χ4n) is 1.47. The van der Waals surface area contributed by atoms with E-state index < -0.39 is 0 Å². The van der Waals surface area contributed by atoms with Crippen molar-refractivity contribution in [3.8, 4) is 0 Å². The predicted octanol–water partition coefficient (Wildman–Crippen LogP) is 2.93. The number of aromatic nitrogens is 2. The highest BCUT2D eigenvalue weighted by atomic mass is 79.9.